The van der Waals surface area contributed by atoms with Gasteiger partial charge in [-0.15, -0.1) is 0 Å². The van der Waals surface area contributed by atoms with Gasteiger partial charge in [0.05, 0.1) is 5.56 Å². The highest BCUT2D eigenvalue weighted by atomic mass is 19.4. The molecule has 0 amide bonds. The van der Waals surface area contributed by atoms with E-state index in [-0.39, 0.29) is 0 Å². The van der Waals surface area contributed by atoms with E-state index in [1.54, 1.807) is 48.5 Å². The van der Waals surface area contributed by atoms with Gasteiger partial charge in [-0.25, -0.2) is 4.39 Å². The van der Waals surface area contributed by atoms with Crippen molar-refractivity contribution >= 4 is 0 Å². The van der Waals surface area contributed by atoms with Gasteiger partial charge in [0.2, 0.25) is 0 Å². The van der Waals surface area contributed by atoms with E-state index in [1.165, 1.54) is 6.07 Å². The van der Waals surface area contributed by atoms with Gasteiger partial charge in [0.15, 0.2) is 0 Å². The summed E-state index contributed by atoms with van der Waals surface area (Å²) in [6.45, 7) is 0. The fourth-order valence-corrected chi connectivity index (χ4v) is 2.32. The highest BCUT2D eigenvalue weighted by Crippen LogP contribution is 2.37. The van der Waals surface area contributed by atoms with Crippen molar-refractivity contribution in [1.82, 2.24) is 0 Å². The SMILES string of the molecule is Fc1cc(-c2ccccc2Oc2ccccc2)ccc1C(F)(F)F. The normalized spacial score (nSPS) is 11.3. The molecule has 0 aliphatic carbocycles. The second kappa shape index (κ2) is 6.35. The molecular formula is C19H12F4O. The van der Waals surface area contributed by atoms with Crippen LogP contribution in [0.2, 0.25) is 0 Å². The van der Waals surface area contributed by atoms with E-state index in [9.17, 15) is 17.6 Å². The Hall–Kier alpha value is -2.82. The molecule has 3 aromatic carbocycles. The third kappa shape index (κ3) is 3.40. The first-order chi connectivity index (χ1) is 11.4. The maximum absolute atomic E-state index is 13.8. The third-order valence-corrected chi connectivity index (χ3v) is 3.44. The molecule has 0 N–H and O–H groups in total. The fraction of sp³-hybridized carbons (Fsp3) is 0.0526. The van der Waals surface area contributed by atoms with Crippen molar-refractivity contribution in [3.05, 3.63) is 84.2 Å². The number of hydrogen-bond donors (Lipinski definition) is 0. The molecular weight excluding hydrogens is 320 g/mol. The zero-order valence-electron chi connectivity index (χ0n) is 12.3. The molecule has 3 rings (SSSR count). The van der Waals surface area contributed by atoms with Gasteiger partial charge in [0, 0.05) is 5.56 Å². The van der Waals surface area contributed by atoms with E-state index >= 15 is 0 Å². The van der Waals surface area contributed by atoms with Crippen molar-refractivity contribution in [3.63, 3.8) is 0 Å². The Labute approximate surface area is 136 Å². The van der Waals surface area contributed by atoms with Crippen molar-refractivity contribution in [2.75, 3.05) is 0 Å². The highest BCUT2D eigenvalue weighted by Gasteiger charge is 2.34. The Morgan fingerprint density at radius 3 is 2.08 bits per heavy atom. The van der Waals surface area contributed by atoms with Gasteiger partial charge < -0.3 is 4.74 Å². The molecule has 122 valence electrons. The molecule has 0 spiro atoms. The van der Waals surface area contributed by atoms with E-state index < -0.39 is 17.6 Å². The number of rotatable bonds is 3. The summed E-state index contributed by atoms with van der Waals surface area (Å²) in [4.78, 5) is 0. The molecule has 0 fully saturated rings. The van der Waals surface area contributed by atoms with Gasteiger partial charge >= 0.3 is 6.18 Å². The molecule has 0 aliphatic heterocycles. The van der Waals surface area contributed by atoms with E-state index in [1.807, 2.05) is 6.07 Å². The standard InChI is InChI=1S/C19H12F4O/c20-17-12-13(10-11-16(17)19(21,22)23)15-8-4-5-9-18(15)24-14-6-2-1-3-7-14/h1-12H. The van der Waals surface area contributed by atoms with Crippen molar-refractivity contribution in [2.45, 2.75) is 6.18 Å². The van der Waals surface area contributed by atoms with Gasteiger partial charge in [-0.2, -0.15) is 13.2 Å². The molecule has 0 radical (unpaired) electrons. The summed E-state index contributed by atoms with van der Waals surface area (Å²) in [5.74, 6) is -0.297. The van der Waals surface area contributed by atoms with Gasteiger partial charge in [-0.1, -0.05) is 42.5 Å². The highest BCUT2D eigenvalue weighted by molar-refractivity contribution is 5.71. The van der Waals surface area contributed by atoms with Crippen LogP contribution in [0.3, 0.4) is 0 Å². The first-order valence-corrected chi connectivity index (χ1v) is 7.14. The summed E-state index contributed by atoms with van der Waals surface area (Å²) in [7, 11) is 0. The van der Waals surface area contributed by atoms with Crippen LogP contribution in [-0.2, 0) is 6.18 Å². The van der Waals surface area contributed by atoms with Crippen LogP contribution in [0.25, 0.3) is 11.1 Å². The molecule has 0 atom stereocenters. The largest absolute Gasteiger partial charge is 0.457 e. The van der Waals surface area contributed by atoms with Gasteiger partial charge in [0.25, 0.3) is 0 Å². The second-order valence-electron chi connectivity index (χ2n) is 5.10. The van der Waals surface area contributed by atoms with Crippen molar-refractivity contribution < 1.29 is 22.3 Å². The minimum absolute atomic E-state index is 0.312. The van der Waals surface area contributed by atoms with Crippen molar-refractivity contribution in [3.8, 4) is 22.6 Å². The van der Waals surface area contributed by atoms with Gasteiger partial charge in [-0.3, -0.25) is 0 Å². The zero-order chi connectivity index (χ0) is 17.2. The summed E-state index contributed by atoms with van der Waals surface area (Å²) in [5, 5.41) is 0. The maximum Gasteiger partial charge on any atom is 0.419 e. The molecule has 3 aromatic rings. The van der Waals surface area contributed by atoms with Crippen molar-refractivity contribution in [2.24, 2.45) is 0 Å². The van der Waals surface area contributed by atoms with Crippen LogP contribution in [0.4, 0.5) is 17.6 Å². The first kappa shape index (κ1) is 16.1. The molecule has 0 saturated heterocycles. The van der Waals surface area contributed by atoms with Crippen LogP contribution in [-0.4, -0.2) is 0 Å². The molecule has 0 aliphatic rings. The van der Waals surface area contributed by atoms with Crippen LogP contribution in [0.5, 0.6) is 11.5 Å². The molecule has 0 unspecified atom stereocenters. The monoisotopic (exact) mass is 332 g/mol. The van der Waals surface area contributed by atoms with Crippen LogP contribution in [0, 0.1) is 5.82 Å². The van der Waals surface area contributed by atoms with E-state index in [4.69, 9.17) is 4.74 Å². The van der Waals surface area contributed by atoms with E-state index in [0.717, 1.165) is 12.1 Å². The van der Waals surface area contributed by atoms with Crippen LogP contribution >= 0.6 is 0 Å². The van der Waals surface area contributed by atoms with Gasteiger partial charge in [0.1, 0.15) is 17.3 Å². The van der Waals surface area contributed by atoms with Crippen molar-refractivity contribution in [1.29, 1.82) is 0 Å². The molecule has 1 nitrogen and oxygen atoms in total. The number of para-hydroxylation sites is 2. The average Bonchev–Trinajstić information content (AvgIpc) is 2.55. The fourth-order valence-electron chi connectivity index (χ4n) is 2.32. The topological polar surface area (TPSA) is 9.23 Å². The van der Waals surface area contributed by atoms with Gasteiger partial charge in [-0.05, 0) is 35.9 Å². The summed E-state index contributed by atoms with van der Waals surface area (Å²) in [6, 6.07) is 18.6. The van der Waals surface area contributed by atoms with E-state index in [2.05, 4.69) is 0 Å². The third-order valence-electron chi connectivity index (χ3n) is 3.44. The molecule has 24 heavy (non-hydrogen) atoms. The number of ether oxygens (including phenoxy) is 1. The Bertz CT molecular complexity index is 841. The Morgan fingerprint density at radius 1 is 0.750 bits per heavy atom. The Morgan fingerprint density at radius 2 is 1.42 bits per heavy atom. The second-order valence-corrected chi connectivity index (χ2v) is 5.10. The maximum atomic E-state index is 13.8. The number of benzene rings is 3. The lowest BCUT2D eigenvalue weighted by Gasteiger charge is -2.13. The molecule has 0 heterocycles. The molecule has 0 aromatic heterocycles. The van der Waals surface area contributed by atoms with Crippen LogP contribution < -0.4 is 4.74 Å². The average molecular weight is 332 g/mol. The summed E-state index contributed by atoms with van der Waals surface area (Å²) >= 11 is 0. The quantitative estimate of drug-likeness (QED) is 0.511. The summed E-state index contributed by atoms with van der Waals surface area (Å²) in [5.41, 5.74) is -0.464. The predicted molar refractivity (Wildman–Crippen MR) is 83.4 cm³/mol. The predicted octanol–water partition coefficient (Wildman–Crippen LogP) is 6.30. The minimum atomic E-state index is -4.72. The lowest BCUT2D eigenvalue weighted by molar-refractivity contribution is -0.139. The minimum Gasteiger partial charge on any atom is -0.457 e. The smallest absolute Gasteiger partial charge is 0.419 e. The summed E-state index contributed by atoms with van der Waals surface area (Å²) in [6.07, 6.45) is -4.72. The van der Waals surface area contributed by atoms with E-state index in [0.29, 0.717) is 22.6 Å². The Balaban J connectivity index is 2.00. The number of alkyl halides is 3. The summed E-state index contributed by atoms with van der Waals surface area (Å²) < 4.78 is 57.6. The lowest BCUT2D eigenvalue weighted by atomic mass is 10.0. The lowest BCUT2D eigenvalue weighted by Crippen LogP contribution is -2.07. The van der Waals surface area contributed by atoms with Crippen LogP contribution in [0.1, 0.15) is 5.56 Å². The molecule has 0 saturated carbocycles. The number of hydrogen-bond acceptors (Lipinski definition) is 1. The zero-order valence-corrected chi connectivity index (χ0v) is 12.3. The number of halogens is 4. The molecule has 5 heteroatoms. The Kier molecular flexibility index (Phi) is 4.25. The molecule has 0 bridgehead atoms. The first-order valence-electron chi connectivity index (χ1n) is 7.14. The van der Waals surface area contributed by atoms with Crippen LogP contribution in [0.15, 0.2) is 72.8 Å².